The van der Waals surface area contributed by atoms with Crippen molar-refractivity contribution in [1.82, 2.24) is 4.90 Å². The molecule has 8 nitrogen and oxygen atoms in total. The normalized spacial score (nSPS) is 28.4. The maximum absolute atomic E-state index is 13.5. The lowest BCUT2D eigenvalue weighted by Gasteiger charge is -2.39. The standard InChI is InChI=1S/C28H39NO7/c1-5-28(32,11-6-9-26(2,3)31)25(30)36-24-22(33-4)16-27-10-7-12-29(27)13-8-18-14-20-21(35-17-34-20)15-19(18)23(24)27/h14-16,23-24,31-32H,5-13,17H2,1-4H3/t23-,24-,27+,28+/m1/s1. The lowest BCUT2D eigenvalue weighted by Crippen LogP contribution is -2.49. The zero-order valence-electron chi connectivity index (χ0n) is 21.8. The maximum Gasteiger partial charge on any atom is 0.338 e. The van der Waals surface area contributed by atoms with Crippen LogP contribution in [0.4, 0.5) is 0 Å². The van der Waals surface area contributed by atoms with Crippen molar-refractivity contribution in [2.45, 2.75) is 94.5 Å². The van der Waals surface area contributed by atoms with Crippen LogP contribution < -0.4 is 9.47 Å². The summed E-state index contributed by atoms with van der Waals surface area (Å²) < 4.78 is 23.4. The van der Waals surface area contributed by atoms with Gasteiger partial charge < -0.3 is 29.2 Å². The van der Waals surface area contributed by atoms with Crippen molar-refractivity contribution in [3.63, 3.8) is 0 Å². The number of carbonyl (C=O) groups is 1. The van der Waals surface area contributed by atoms with Crippen LogP contribution in [0.2, 0.25) is 0 Å². The summed E-state index contributed by atoms with van der Waals surface area (Å²) >= 11 is 0. The van der Waals surface area contributed by atoms with Crippen LogP contribution in [0.15, 0.2) is 24.0 Å². The molecule has 0 unspecified atom stereocenters. The minimum absolute atomic E-state index is 0.177. The maximum atomic E-state index is 13.5. The lowest BCUT2D eigenvalue weighted by molar-refractivity contribution is -0.174. The Balaban J connectivity index is 1.49. The zero-order valence-corrected chi connectivity index (χ0v) is 21.8. The molecule has 0 saturated carbocycles. The fourth-order valence-electron chi connectivity index (χ4n) is 6.56. The summed E-state index contributed by atoms with van der Waals surface area (Å²) in [6.07, 6.45) is 5.81. The number of esters is 1. The van der Waals surface area contributed by atoms with E-state index in [4.69, 9.17) is 18.9 Å². The first-order valence-corrected chi connectivity index (χ1v) is 13.2. The molecule has 0 amide bonds. The summed E-state index contributed by atoms with van der Waals surface area (Å²) in [5.74, 6) is 1.28. The third-order valence-electron chi connectivity index (χ3n) is 8.54. The second-order valence-electron chi connectivity index (χ2n) is 11.3. The highest BCUT2D eigenvalue weighted by Gasteiger charge is 2.58. The first kappa shape index (κ1) is 25.4. The fourth-order valence-corrected chi connectivity index (χ4v) is 6.56. The summed E-state index contributed by atoms with van der Waals surface area (Å²) in [6.45, 7) is 7.32. The highest BCUT2D eigenvalue weighted by atomic mass is 16.7. The molecule has 4 atom stereocenters. The lowest BCUT2D eigenvalue weighted by atomic mass is 9.77. The van der Waals surface area contributed by atoms with Gasteiger partial charge in [-0.1, -0.05) is 6.92 Å². The molecule has 198 valence electrons. The third kappa shape index (κ3) is 4.27. The Hall–Kier alpha value is -2.29. The summed E-state index contributed by atoms with van der Waals surface area (Å²) in [5.41, 5.74) is -0.546. The van der Waals surface area contributed by atoms with Crippen LogP contribution in [-0.2, 0) is 20.7 Å². The number of fused-ring (bicyclic) bond motifs is 3. The van der Waals surface area contributed by atoms with Gasteiger partial charge in [0.1, 0.15) is 5.76 Å². The highest BCUT2D eigenvalue weighted by Crippen LogP contribution is 2.55. The van der Waals surface area contributed by atoms with Crippen molar-refractivity contribution in [2.24, 2.45) is 0 Å². The number of hydrogen-bond donors (Lipinski definition) is 2. The van der Waals surface area contributed by atoms with Gasteiger partial charge in [-0.2, -0.15) is 0 Å². The van der Waals surface area contributed by atoms with E-state index in [9.17, 15) is 15.0 Å². The fraction of sp³-hybridized carbons (Fsp3) is 0.679. The van der Waals surface area contributed by atoms with Gasteiger partial charge in [0.15, 0.2) is 23.2 Å². The second-order valence-corrected chi connectivity index (χ2v) is 11.3. The van der Waals surface area contributed by atoms with E-state index >= 15 is 0 Å². The number of methoxy groups -OCH3 is 1. The number of hydrogen-bond acceptors (Lipinski definition) is 8. The molecule has 1 saturated heterocycles. The molecule has 3 heterocycles. The van der Waals surface area contributed by atoms with Crippen molar-refractivity contribution in [1.29, 1.82) is 0 Å². The molecule has 5 rings (SSSR count). The third-order valence-corrected chi connectivity index (χ3v) is 8.54. The Bertz CT molecular complexity index is 1050. The molecule has 0 radical (unpaired) electrons. The molecule has 0 bridgehead atoms. The van der Waals surface area contributed by atoms with Crippen molar-refractivity contribution >= 4 is 5.97 Å². The smallest absolute Gasteiger partial charge is 0.338 e. The van der Waals surface area contributed by atoms with Crippen LogP contribution in [0.25, 0.3) is 0 Å². The molecule has 2 N–H and O–H groups in total. The number of nitrogens with zero attached hydrogens (tertiary/aromatic N) is 1. The first-order chi connectivity index (χ1) is 17.1. The molecule has 36 heavy (non-hydrogen) atoms. The Morgan fingerprint density at radius 2 is 1.94 bits per heavy atom. The van der Waals surface area contributed by atoms with Gasteiger partial charge in [-0.25, -0.2) is 4.79 Å². The molecule has 3 aliphatic heterocycles. The SMILES string of the molecule is CC[C@](O)(CCCC(C)(C)O)C(=O)O[C@@H]1C(OC)=C[C@]23CCCN2CCc2cc4c(cc2[C@H]13)OCO4. The van der Waals surface area contributed by atoms with E-state index in [0.29, 0.717) is 24.4 Å². The quantitative estimate of drug-likeness (QED) is 0.523. The highest BCUT2D eigenvalue weighted by molar-refractivity contribution is 5.79. The number of rotatable bonds is 8. The summed E-state index contributed by atoms with van der Waals surface area (Å²) in [6, 6.07) is 4.12. The second kappa shape index (κ2) is 9.23. The minimum atomic E-state index is -1.63. The molecule has 8 heteroatoms. The monoisotopic (exact) mass is 501 g/mol. The van der Waals surface area contributed by atoms with Crippen LogP contribution in [-0.4, -0.2) is 70.9 Å². The van der Waals surface area contributed by atoms with Gasteiger partial charge in [-0.3, -0.25) is 4.90 Å². The van der Waals surface area contributed by atoms with E-state index in [1.165, 1.54) is 5.56 Å². The van der Waals surface area contributed by atoms with Gasteiger partial charge in [0, 0.05) is 6.54 Å². The van der Waals surface area contributed by atoms with Crippen LogP contribution in [0.3, 0.4) is 0 Å². The average molecular weight is 502 g/mol. The number of benzene rings is 1. The molecular weight excluding hydrogens is 462 g/mol. The first-order valence-electron chi connectivity index (χ1n) is 13.2. The number of carbonyl (C=O) groups excluding carboxylic acids is 1. The van der Waals surface area contributed by atoms with Crippen molar-refractivity contribution in [3.05, 3.63) is 35.1 Å². The average Bonchev–Trinajstić information content (AvgIpc) is 3.51. The number of ether oxygens (including phenoxy) is 4. The van der Waals surface area contributed by atoms with Gasteiger partial charge >= 0.3 is 5.97 Å². The summed E-state index contributed by atoms with van der Waals surface area (Å²) in [5, 5.41) is 21.4. The summed E-state index contributed by atoms with van der Waals surface area (Å²) in [7, 11) is 1.61. The molecule has 1 aromatic carbocycles. The Labute approximate surface area is 213 Å². The van der Waals surface area contributed by atoms with E-state index in [1.807, 2.05) is 0 Å². The van der Waals surface area contributed by atoms with Gasteiger partial charge in [0.25, 0.3) is 0 Å². The van der Waals surface area contributed by atoms with E-state index in [2.05, 4.69) is 23.1 Å². The zero-order chi connectivity index (χ0) is 25.7. The van der Waals surface area contributed by atoms with E-state index in [1.54, 1.807) is 27.9 Å². The molecule has 4 aliphatic rings. The topological polar surface area (TPSA) is 97.7 Å². The van der Waals surface area contributed by atoms with Crippen LogP contribution >= 0.6 is 0 Å². The predicted octanol–water partition coefficient (Wildman–Crippen LogP) is 3.43. The molecule has 1 fully saturated rings. The minimum Gasteiger partial charge on any atom is -0.497 e. The van der Waals surface area contributed by atoms with Crippen LogP contribution in [0.5, 0.6) is 11.5 Å². The van der Waals surface area contributed by atoms with Gasteiger partial charge in [0.2, 0.25) is 6.79 Å². The van der Waals surface area contributed by atoms with Crippen molar-refractivity contribution < 1.29 is 34.0 Å². The largest absolute Gasteiger partial charge is 0.497 e. The number of aliphatic hydroxyl groups is 2. The molecule has 1 aliphatic carbocycles. The molecular formula is C28H39NO7. The molecule has 1 aromatic rings. The van der Waals surface area contributed by atoms with Gasteiger partial charge in [-0.15, -0.1) is 0 Å². The van der Waals surface area contributed by atoms with Crippen molar-refractivity contribution in [3.8, 4) is 11.5 Å². The van der Waals surface area contributed by atoms with Crippen molar-refractivity contribution in [2.75, 3.05) is 27.0 Å². The van der Waals surface area contributed by atoms with Crippen LogP contribution in [0.1, 0.15) is 76.3 Å². The van der Waals surface area contributed by atoms with E-state index < -0.39 is 23.3 Å². The van der Waals surface area contributed by atoms with Gasteiger partial charge in [-0.05, 0) is 94.7 Å². The molecule has 0 aromatic heterocycles. The van der Waals surface area contributed by atoms with Crippen LogP contribution in [0, 0.1) is 0 Å². The van der Waals surface area contributed by atoms with Gasteiger partial charge in [0.05, 0.1) is 24.2 Å². The van der Waals surface area contributed by atoms with E-state index in [-0.39, 0.29) is 31.1 Å². The molecule has 1 spiro atoms. The Morgan fingerprint density at radius 3 is 2.64 bits per heavy atom. The summed E-state index contributed by atoms with van der Waals surface area (Å²) in [4.78, 5) is 16.0. The predicted molar refractivity (Wildman–Crippen MR) is 133 cm³/mol. The Morgan fingerprint density at radius 1 is 1.19 bits per heavy atom. The Kier molecular flexibility index (Phi) is 6.50. The van der Waals surface area contributed by atoms with E-state index in [0.717, 1.165) is 43.7 Å².